The van der Waals surface area contributed by atoms with Gasteiger partial charge >= 0.3 is 12.1 Å². The predicted molar refractivity (Wildman–Crippen MR) is 113 cm³/mol. The van der Waals surface area contributed by atoms with E-state index in [4.69, 9.17) is 9.47 Å². The Balaban J connectivity index is 1.71. The van der Waals surface area contributed by atoms with Crippen LogP contribution in [0.25, 0.3) is 22.4 Å². The molecule has 1 aliphatic rings. The lowest BCUT2D eigenvalue weighted by Crippen LogP contribution is -2.38. The van der Waals surface area contributed by atoms with E-state index in [9.17, 15) is 18.0 Å². The Kier molecular flexibility index (Phi) is 6.48. The van der Waals surface area contributed by atoms with Crippen molar-refractivity contribution in [2.45, 2.75) is 19.6 Å². The molecule has 2 heterocycles. The van der Waals surface area contributed by atoms with Crippen LogP contribution >= 0.6 is 0 Å². The fraction of sp³-hybridized carbons (Fsp3) is 0.391. The number of imidazole rings is 1. The topological polar surface area (TPSA) is 56.6 Å². The minimum atomic E-state index is -4.40. The van der Waals surface area contributed by atoms with Gasteiger partial charge in [0, 0.05) is 31.7 Å². The fourth-order valence-electron chi connectivity index (χ4n) is 3.79. The molecule has 0 bridgehead atoms. The molecule has 0 amide bonds. The summed E-state index contributed by atoms with van der Waals surface area (Å²) >= 11 is 0. The van der Waals surface area contributed by atoms with Gasteiger partial charge < -0.3 is 14.0 Å². The largest absolute Gasteiger partial charge is 0.462 e. The third-order valence-corrected chi connectivity index (χ3v) is 5.47. The number of morpholine rings is 1. The minimum Gasteiger partial charge on any atom is -0.462 e. The average molecular weight is 447 g/mol. The van der Waals surface area contributed by atoms with Gasteiger partial charge in [0.1, 0.15) is 5.82 Å². The predicted octanol–water partition coefficient (Wildman–Crippen LogP) is 4.23. The number of alkyl halides is 3. The zero-order chi connectivity index (χ0) is 22.7. The molecule has 32 heavy (non-hydrogen) atoms. The van der Waals surface area contributed by atoms with E-state index in [1.165, 1.54) is 12.1 Å². The van der Waals surface area contributed by atoms with E-state index in [0.717, 1.165) is 37.3 Å². The third-order valence-electron chi connectivity index (χ3n) is 5.47. The fourth-order valence-corrected chi connectivity index (χ4v) is 3.79. The first kappa shape index (κ1) is 22.3. The van der Waals surface area contributed by atoms with Crippen molar-refractivity contribution < 1.29 is 27.4 Å². The number of benzene rings is 2. The van der Waals surface area contributed by atoms with Crippen LogP contribution in [0.2, 0.25) is 0 Å². The molecule has 9 heteroatoms. The van der Waals surface area contributed by atoms with E-state index >= 15 is 0 Å². The van der Waals surface area contributed by atoms with Crippen LogP contribution in [0.15, 0.2) is 42.5 Å². The maximum absolute atomic E-state index is 13.0. The van der Waals surface area contributed by atoms with Crippen molar-refractivity contribution in [3.05, 3.63) is 53.6 Å². The molecule has 6 nitrogen and oxygen atoms in total. The molecule has 1 fully saturated rings. The van der Waals surface area contributed by atoms with Crippen LogP contribution < -0.4 is 0 Å². The second-order valence-corrected chi connectivity index (χ2v) is 7.54. The van der Waals surface area contributed by atoms with Gasteiger partial charge in [-0.2, -0.15) is 13.2 Å². The highest BCUT2D eigenvalue weighted by molar-refractivity contribution is 5.94. The molecular formula is C23H24F3N3O3. The second-order valence-electron chi connectivity index (χ2n) is 7.54. The number of nitrogens with zero attached hydrogens (tertiary/aromatic N) is 3. The van der Waals surface area contributed by atoms with Crippen molar-refractivity contribution >= 4 is 17.0 Å². The van der Waals surface area contributed by atoms with E-state index in [1.54, 1.807) is 19.1 Å². The van der Waals surface area contributed by atoms with Gasteiger partial charge in [0.25, 0.3) is 0 Å². The number of carbonyl (C=O) groups is 1. The van der Waals surface area contributed by atoms with Crippen LogP contribution in [0, 0.1) is 0 Å². The summed E-state index contributed by atoms with van der Waals surface area (Å²) in [7, 11) is 0. The Morgan fingerprint density at radius 2 is 1.81 bits per heavy atom. The SMILES string of the molecule is CCOC(=O)c1ccc2c(c1)nc(-c1ccc(C(F)(F)F)cc1)n2CCN1CCOCC1. The molecule has 0 unspecified atom stereocenters. The Morgan fingerprint density at radius 1 is 1.09 bits per heavy atom. The lowest BCUT2D eigenvalue weighted by atomic mass is 10.1. The van der Waals surface area contributed by atoms with Crippen LogP contribution in [-0.2, 0) is 22.2 Å². The lowest BCUT2D eigenvalue weighted by molar-refractivity contribution is -0.137. The van der Waals surface area contributed by atoms with Crippen molar-refractivity contribution in [1.29, 1.82) is 0 Å². The number of esters is 1. The van der Waals surface area contributed by atoms with Crippen molar-refractivity contribution in [3.63, 3.8) is 0 Å². The highest BCUT2D eigenvalue weighted by Crippen LogP contribution is 2.32. The average Bonchev–Trinajstić information content (AvgIpc) is 3.16. The van der Waals surface area contributed by atoms with Crippen molar-refractivity contribution in [1.82, 2.24) is 14.5 Å². The molecule has 0 radical (unpaired) electrons. The Labute approximate surface area is 183 Å². The third kappa shape index (κ3) is 4.78. The van der Waals surface area contributed by atoms with Crippen molar-refractivity contribution in [3.8, 4) is 11.4 Å². The molecule has 4 rings (SSSR count). The number of carbonyl (C=O) groups excluding carboxylic acids is 1. The molecule has 170 valence electrons. The van der Waals surface area contributed by atoms with Crippen LogP contribution in [0.5, 0.6) is 0 Å². The summed E-state index contributed by atoms with van der Waals surface area (Å²) in [6, 6.07) is 10.1. The van der Waals surface area contributed by atoms with Gasteiger partial charge in [-0.3, -0.25) is 4.90 Å². The first-order chi connectivity index (χ1) is 15.4. The van der Waals surface area contributed by atoms with Gasteiger partial charge in [0.05, 0.1) is 42.0 Å². The highest BCUT2D eigenvalue weighted by Gasteiger charge is 2.30. The molecule has 1 aromatic heterocycles. The van der Waals surface area contributed by atoms with Gasteiger partial charge in [0.15, 0.2) is 0 Å². The minimum absolute atomic E-state index is 0.266. The Hall–Kier alpha value is -2.91. The quantitative estimate of drug-likeness (QED) is 0.530. The van der Waals surface area contributed by atoms with Gasteiger partial charge in [0.2, 0.25) is 0 Å². The number of aromatic nitrogens is 2. The number of rotatable bonds is 6. The molecule has 1 saturated heterocycles. The molecule has 0 aliphatic carbocycles. The summed E-state index contributed by atoms with van der Waals surface area (Å²) in [6.45, 7) is 6.37. The molecule has 3 aromatic rings. The highest BCUT2D eigenvalue weighted by atomic mass is 19.4. The van der Waals surface area contributed by atoms with Crippen LogP contribution in [-0.4, -0.2) is 59.9 Å². The molecule has 0 atom stereocenters. The summed E-state index contributed by atoms with van der Waals surface area (Å²) in [6.07, 6.45) is -4.40. The molecule has 1 aliphatic heterocycles. The normalized spacial score (nSPS) is 15.2. The number of hydrogen-bond acceptors (Lipinski definition) is 5. The maximum Gasteiger partial charge on any atom is 0.416 e. The monoisotopic (exact) mass is 447 g/mol. The second kappa shape index (κ2) is 9.30. The van der Waals surface area contributed by atoms with E-state index < -0.39 is 17.7 Å². The summed E-state index contributed by atoms with van der Waals surface area (Å²) in [5, 5.41) is 0. The first-order valence-corrected chi connectivity index (χ1v) is 10.5. The summed E-state index contributed by atoms with van der Waals surface area (Å²) < 4.78 is 51.5. The van der Waals surface area contributed by atoms with Crippen molar-refractivity contribution in [2.75, 3.05) is 39.5 Å². The van der Waals surface area contributed by atoms with Gasteiger partial charge in [-0.25, -0.2) is 9.78 Å². The Bertz CT molecular complexity index is 1090. The van der Waals surface area contributed by atoms with Crippen LogP contribution in [0.3, 0.4) is 0 Å². The number of fused-ring (bicyclic) bond motifs is 1. The van der Waals surface area contributed by atoms with E-state index in [-0.39, 0.29) is 6.61 Å². The standard InChI is InChI=1S/C23H24F3N3O3/c1-2-32-22(30)17-5-8-20-19(15-17)27-21(16-3-6-18(7-4-16)23(24,25)26)29(20)10-9-28-11-13-31-14-12-28/h3-8,15H,2,9-14H2,1H3. The molecule has 0 spiro atoms. The smallest absolute Gasteiger partial charge is 0.416 e. The zero-order valence-corrected chi connectivity index (χ0v) is 17.7. The molecule has 0 N–H and O–H groups in total. The molecular weight excluding hydrogens is 423 g/mol. The molecule has 0 saturated carbocycles. The number of hydrogen-bond donors (Lipinski definition) is 0. The van der Waals surface area contributed by atoms with Crippen LogP contribution in [0.4, 0.5) is 13.2 Å². The van der Waals surface area contributed by atoms with E-state index in [0.29, 0.717) is 42.2 Å². The summed E-state index contributed by atoms with van der Waals surface area (Å²) in [5.41, 5.74) is 1.65. The molecule has 2 aromatic carbocycles. The number of ether oxygens (including phenoxy) is 2. The van der Waals surface area contributed by atoms with Gasteiger partial charge in [-0.1, -0.05) is 12.1 Å². The summed E-state index contributed by atoms with van der Waals surface area (Å²) in [5.74, 6) is 0.122. The zero-order valence-electron chi connectivity index (χ0n) is 17.7. The van der Waals surface area contributed by atoms with Crippen LogP contribution in [0.1, 0.15) is 22.8 Å². The first-order valence-electron chi connectivity index (χ1n) is 10.5. The van der Waals surface area contributed by atoms with Gasteiger partial charge in [-0.15, -0.1) is 0 Å². The Morgan fingerprint density at radius 3 is 2.47 bits per heavy atom. The lowest BCUT2D eigenvalue weighted by Gasteiger charge is -2.27. The maximum atomic E-state index is 13.0. The van der Waals surface area contributed by atoms with E-state index in [1.807, 2.05) is 10.6 Å². The summed E-state index contributed by atoms with van der Waals surface area (Å²) in [4.78, 5) is 19.1. The van der Waals surface area contributed by atoms with Crippen molar-refractivity contribution in [2.24, 2.45) is 0 Å². The number of halogens is 3. The van der Waals surface area contributed by atoms with Gasteiger partial charge in [-0.05, 0) is 37.3 Å². The van der Waals surface area contributed by atoms with E-state index in [2.05, 4.69) is 9.88 Å².